The zero-order valence-corrected chi connectivity index (χ0v) is 13.4. The van der Waals surface area contributed by atoms with Gasteiger partial charge in [-0.3, -0.25) is 14.5 Å². The Morgan fingerprint density at radius 3 is 2.67 bits per heavy atom. The Balaban J connectivity index is 1.92. The molecule has 0 aliphatic carbocycles. The predicted molar refractivity (Wildman–Crippen MR) is 78.9 cm³/mol. The van der Waals surface area contributed by atoms with Gasteiger partial charge < -0.3 is 15.1 Å². The molecule has 1 aromatic rings. The van der Waals surface area contributed by atoms with Crippen molar-refractivity contribution in [2.75, 3.05) is 20.6 Å². The van der Waals surface area contributed by atoms with E-state index in [9.17, 15) is 22.8 Å². The molecule has 9 heteroatoms. The highest BCUT2D eigenvalue weighted by Gasteiger charge is 2.45. The Labute approximate surface area is 137 Å². The largest absolute Gasteiger partial charge is 0.468 e. The zero-order valence-electron chi connectivity index (χ0n) is 13.4. The third-order valence-corrected chi connectivity index (χ3v) is 4.05. The van der Waals surface area contributed by atoms with Gasteiger partial charge in [-0.25, -0.2) is 0 Å². The van der Waals surface area contributed by atoms with E-state index in [4.69, 9.17) is 4.42 Å². The molecule has 1 aliphatic heterocycles. The van der Waals surface area contributed by atoms with Crippen molar-refractivity contribution in [2.24, 2.45) is 5.92 Å². The van der Waals surface area contributed by atoms with Crippen LogP contribution < -0.4 is 10.6 Å². The highest BCUT2D eigenvalue weighted by molar-refractivity contribution is 6.00. The van der Waals surface area contributed by atoms with Gasteiger partial charge in [0.1, 0.15) is 17.7 Å². The van der Waals surface area contributed by atoms with Crippen molar-refractivity contribution in [3.05, 3.63) is 24.2 Å². The van der Waals surface area contributed by atoms with E-state index in [0.717, 1.165) is 0 Å². The third kappa shape index (κ3) is 4.28. The number of amides is 2. The van der Waals surface area contributed by atoms with Crippen LogP contribution in [0.15, 0.2) is 22.8 Å². The van der Waals surface area contributed by atoms with Crippen molar-refractivity contribution in [2.45, 2.75) is 31.1 Å². The van der Waals surface area contributed by atoms with Crippen molar-refractivity contribution in [1.82, 2.24) is 15.5 Å². The molecule has 2 N–H and O–H groups in total. The molecular weight excluding hydrogens is 327 g/mol. The number of furan rings is 1. The van der Waals surface area contributed by atoms with E-state index < -0.39 is 30.0 Å². The Morgan fingerprint density at radius 2 is 2.17 bits per heavy atom. The van der Waals surface area contributed by atoms with Crippen molar-refractivity contribution < 1.29 is 27.2 Å². The molecule has 3 unspecified atom stereocenters. The summed E-state index contributed by atoms with van der Waals surface area (Å²) in [4.78, 5) is 25.8. The van der Waals surface area contributed by atoms with Gasteiger partial charge in [0, 0.05) is 6.54 Å². The summed E-state index contributed by atoms with van der Waals surface area (Å²) in [6, 6.07) is 1.36. The normalized spacial score (nSPS) is 23.0. The lowest BCUT2D eigenvalue weighted by atomic mass is 9.92. The zero-order chi connectivity index (χ0) is 17.9. The van der Waals surface area contributed by atoms with Gasteiger partial charge in [0.25, 0.3) is 0 Å². The first-order valence-electron chi connectivity index (χ1n) is 7.54. The number of hydrogen-bond donors (Lipinski definition) is 2. The standard InChI is InChI=1S/C15H20F3N3O3/c1-21(2)10(11-4-3-7-24-11)8-19-13(22)9-5-6-12(15(16,17)18)20-14(9)23/h3-4,7,9-10,12H,5-6,8H2,1-2H3,(H,19,22)(H,20,23). The molecule has 134 valence electrons. The maximum Gasteiger partial charge on any atom is 0.408 e. The van der Waals surface area contributed by atoms with Crippen LogP contribution in [0.5, 0.6) is 0 Å². The van der Waals surface area contributed by atoms with Crippen LogP contribution in [0, 0.1) is 5.92 Å². The van der Waals surface area contributed by atoms with Gasteiger partial charge in [-0.15, -0.1) is 0 Å². The molecule has 24 heavy (non-hydrogen) atoms. The quantitative estimate of drug-likeness (QED) is 0.791. The fourth-order valence-electron chi connectivity index (χ4n) is 2.64. The molecule has 1 aromatic heterocycles. The van der Waals surface area contributed by atoms with E-state index in [1.807, 2.05) is 10.2 Å². The van der Waals surface area contributed by atoms with Crippen molar-refractivity contribution in [3.63, 3.8) is 0 Å². The van der Waals surface area contributed by atoms with E-state index in [-0.39, 0.29) is 25.4 Å². The van der Waals surface area contributed by atoms with E-state index in [1.165, 1.54) is 6.26 Å². The maximum absolute atomic E-state index is 12.6. The third-order valence-electron chi connectivity index (χ3n) is 4.05. The highest BCUT2D eigenvalue weighted by atomic mass is 19.4. The molecule has 3 atom stereocenters. The topological polar surface area (TPSA) is 74.6 Å². The number of halogens is 3. The molecule has 0 aromatic carbocycles. The summed E-state index contributed by atoms with van der Waals surface area (Å²) in [6.45, 7) is 0.186. The van der Waals surface area contributed by atoms with Gasteiger partial charge >= 0.3 is 6.18 Å². The summed E-state index contributed by atoms with van der Waals surface area (Å²) in [5.41, 5.74) is 0. The first-order valence-corrected chi connectivity index (χ1v) is 7.54. The molecule has 1 fully saturated rings. The molecule has 2 rings (SSSR count). The second-order valence-electron chi connectivity index (χ2n) is 5.97. The lowest BCUT2D eigenvalue weighted by Crippen LogP contribution is -2.54. The van der Waals surface area contributed by atoms with E-state index in [0.29, 0.717) is 5.76 Å². The lowest BCUT2D eigenvalue weighted by Gasteiger charge is -2.30. The number of piperidine rings is 1. The number of nitrogens with zero attached hydrogens (tertiary/aromatic N) is 1. The van der Waals surface area contributed by atoms with Crippen LogP contribution in [0.25, 0.3) is 0 Å². The molecule has 2 heterocycles. The van der Waals surface area contributed by atoms with Crippen LogP contribution >= 0.6 is 0 Å². The van der Waals surface area contributed by atoms with Gasteiger partial charge in [0.05, 0.1) is 12.3 Å². The molecule has 0 saturated carbocycles. The number of carbonyl (C=O) groups excluding carboxylic acids is 2. The summed E-state index contributed by atoms with van der Waals surface area (Å²) in [5, 5.41) is 4.49. The number of alkyl halides is 3. The first-order chi connectivity index (χ1) is 11.2. The Kier molecular flexibility index (Phi) is 5.53. The van der Waals surface area contributed by atoms with Gasteiger partial charge in [0.2, 0.25) is 11.8 Å². The molecule has 0 bridgehead atoms. The summed E-state index contributed by atoms with van der Waals surface area (Å²) in [5.74, 6) is -1.93. The lowest BCUT2D eigenvalue weighted by molar-refractivity contribution is -0.171. The van der Waals surface area contributed by atoms with E-state index >= 15 is 0 Å². The van der Waals surface area contributed by atoms with Crippen molar-refractivity contribution in [1.29, 1.82) is 0 Å². The average molecular weight is 347 g/mol. The number of rotatable bonds is 5. The number of likely N-dealkylation sites (N-methyl/N-ethyl adjacent to an activating group) is 1. The van der Waals surface area contributed by atoms with Crippen LogP contribution in [0.4, 0.5) is 13.2 Å². The summed E-state index contributed by atoms with van der Waals surface area (Å²) in [7, 11) is 3.61. The number of hydrogen-bond acceptors (Lipinski definition) is 4. The maximum atomic E-state index is 12.6. The Hall–Kier alpha value is -2.03. The second kappa shape index (κ2) is 7.25. The molecule has 0 radical (unpaired) electrons. The molecule has 2 amide bonds. The van der Waals surface area contributed by atoms with Gasteiger partial charge in [-0.05, 0) is 39.1 Å². The molecule has 1 saturated heterocycles. The van der Waals surface area contributed by atoms with Crippen LogP contribution in [0.2, 0.25) is 0 Å². The average Bonchev–Trinajstić information content (AvgIpc) is 2.99. The van der Waals surface area contributed by atoms with Crippen LogP contribution in [-0.4, -0.2) is 49.6 Å². The minimum absolute atomic E-state index is 0.130. The number of nitrogens with one attached hydrogen (secondary N) is 2. The molecule has 0 spiro atoms. The Bertz CT molecular complexity index is 572. The van der Waals surface area contributed by atoms with E-state index in [2.05, 4.69) is 5.32 Å². The van der Waals surface area contributed by atoms with E-state index in [1.54, 1.807) is 26.2 Å². The van der Waals surface area contributed by atoms with Gasteiger partial charge in [-0.1, -0.05) is 0 Å². The first kappa shape index (κ1) is 18.3. The second-order valence-corrected chi connectivity index (χ2v) is 5.97. The fraction of sp³-hybridized carbons (Fsp3) is 0.600. The predicted octanol–water partition coefficient (Wildman–Crippen LogP) is 1.46. The van der Waals surface area contributed by atoms with Crippen molar-refractivity contribution >= 4 is 11.8 Å². The smallest absolute Gasteiger partial charge is 0.408 e. The van der Waals surface area contributed by atoms with Crippen LogP contribution in [0.3, 0.4) is 0 Å². The SMILES string of the molecule is CN(C)C(CNC(=O)C1CCC(C(F)(F)F)NC1=O)c1ccco1. The van der Waals surface area contributed by atoms with Crippen LogP contribution in [-0.2, 0) is 9.59 Å². The van der Waals surface area contributed by atoms with Crippen LogP contribution in [0.1, 0.15) is 24.6 Å². The van der Waals surface area contributed by atoms with Gasteiger partial charge in [-0.2, -0.15) is 13.2 Å². The van der Waals surface area contributed by atoms with Crippen molar-refractivity contribution in [3.8, 4) is 0 Å². The molecule has 1 aliphatic rings. The summed E-state index contributed by atoms with van der Waals surface area (Å²) >= 11 is 0. The molecule has 6 nitrogen and oxygen atoms in total. The Morgan fingerprint density at radius 1 is 1.46 bits per heavy atom. The monoisotopic (exact) mass is 347 g/mol. The summed E-state index contributed by atoms with van der Waals surface area (Å²) in [6.07, 6.45) is -3.41. The molecular formula is C15H20F3N3O3. The van der Waals surface area contributed by atoms with Gasteiger partial charge in [0.15, 0.2) is 0 Å². The minimum atomic E-state index is -4.49. The number of carbonyl (C=O) groups is 2. The fourth-order valence-corrected chi connectivity index (χ4v) is 2.64. The minimum Gasteiger partial charge on any atom is -0.468 e. The summed E-state index contributed by atoms with van der Waals surface area (Å²) < 4.78 is 43.1. The highest BCUT2D eigenvalue weighted by Crippen LogP contribution is 2.28.